The zero-order valence-electron chi connectivity index (χ0n) is 11.2. The molecule has 0 amide bonds. The van der Waals surface area contributed by atoms with Gasteiger partial charge in [-0.05, 0) is 18.6 Å². The Kier molecular flexibility index (Phi) is 4.31. The molecule has 0 saturated carbocycles. The Bertz CT molecular complexity index is 387. The zero-order valence-corrected chi connectivity index (χ0v) is 11.2. The molecule has 0 aliphatic carbocycles. The number of hydrogen-bond acceptors (Lipinski definition) is 4. The first-order valence-corrected chi connectivity index (χ1v) is 6.60. The quantitative estimate of drug-likeness (QED) is 0.788. The summed E-state index contributed by atoms with van der Waals surface area (Å²) >= 11 is 0. The third kappa shape index (κ3) is 2.88. The van der Waals surface area contributed by atoms with E-state index in [1.165, 1.54) is 19.3 Å². The molecule has 0 spiro atoms. The Hall–Kier alpha value is -1.42. The molecule has 1 aliphatic rings. The number of hydrogen-bond donors (Lipinski definition) is 1. The molecular formula is C14H22N2O2. The second kappa shape index (κ2) is 5.96. The summed E-state index contributed by atoms with van der Waals surface area (Å²) in [4.78, 5) is 4.32. The predicted molar refractivity (Wildman–Crippen MR) is 70.6 cm³/mol. The van der Waals surface area contributed by atoms with E-state index in [1.54, 1.807) is 18.4 Å². The van der Waals surface area contributed by atoms with Gasteiger partial charge in [-0.25, -0.2) is 0 Å². The largest absolute Gasteiger partial charge is 0.466 e. The number of aliphatic hydroxyl groups excluding tert-OH is 1. The van der Waals surface area contributed by atoms with Gasteiger partial charge in [0.2, 0.25) is 0 Å². The van der Waals surface area contributed by atoms with E-state index in [-0.39, 0.29) is 0 Å². The Morgan fingerprint density at radius 1 is 1.44 bits per heavy atom. The van der Waals surface area contributed by atoms with Crippen molar-refractivity contribution in [1.82, 2.24) is 9.80 Å². The lowest BCUT2D eigenvalue weighted by Crippen LogP contribution is -2.25. The van der Waals surface area contributed by atoms with Crippen molar-refractivity contribution in [1.29, 1.82) is 0 Å². The molecular weight excluding hydrogens is 228 g/mol. The topological polar surface area (TPSA) is 39.9 Å². The summed E-state index contributed by atoms with van der Waals surface area (Å²) in [6.45, 7) is 4.10. The molecule has 0 aromatic carbocycles. The molecule has 18 heavy (non-hydrogen) atoms. The van der Waals surface area contributed by atoms with Crippen LogP contribution in [0.25, 0.3) is 0 Å². The van der Waals surface area contributed by atoms with Gasteiger partial charge in [0.05, 0.1) is 18.6 Å². The van der Waals surface area contributed by atoms with Crippen LogP contribution in [0.4, 0.5) is 0 Å². The molecule has 100 valence electrons. The summed E-state index contributed by atoms with van der Waals surface area (Å²) in [5.74, 6) is 0.600. The second-order valence-corrected chi connectivity index (χ2v) is 4.83. The van der Waals surface area contributed by atoms with E-state index < -0.39 is 6.10 Å². The van der Waals surface area contributed by atoms with Crippen molar-refractivity contribution < 1.29 is 9.52 Å². The molecule has 4 nitrogen and oxygen atoms in total. The van der Waals surface area contributed by atoms with E-state index in [2.05, 4.69) is 16.7 Å². The van der Waals surface area contributed by atoms with Gasteiger partial charge >= 0.3 is 0 Å². The second-order valence-electron chi connectivity index (χ2n) is 4.83. The fourth-order valence-corrected chi connectivity index (χ4v) is 2.25. The Labute approximate surface area is 108 Å². The van der Waals surface area contributed by atoms with Crippen LogP contribution in [-0.4, -0.2) is 35.2 Å². The molecule has 1 unspecified atom stereocenters. The number of aliphatic hydroxyl groups is 1. The van der Waals surface area contributed by atoms with Gasteiger partial charge in [0.25, 0.3) is 0 Å². The lowest BCUT2D eigenvalue weighted by atomic mass is 10.2. The number of unbranched alkanes of at least 4 members (excludes halogenated alkanes) is 2. The summed E-state index contributed by atoms with van der Waals surface area (Å²) in [7, 11) is 2.00. The fraction of sp³-hybridized carbons (Fsp3) is 0.571. The van der Waals surface area contributed by atoms with Crippen molar-refractivity contribution in [2.75, 3.05) is 20.3 Å². The average molecular weight is 250 g/mol. The van der Waals surface area contributed by atoms with Crippen LogP contribution in [0.15, 0.2) is 34.7 Å². The van der Waals surface area contributed by atoms with Crippen LogP contribution < -0.4 is 0 Å². The Morgan fingerprint density at radius 3 is 2.94 bits per heavy atom. The van der Waals surface area contributed by atoms with Gasteiger partial charge in [-0.1, -0.05) is 19.8 Å². The molecule has 2 rings (SSSR count). The summed E-state index contributed by atoms with van der Waals surface area (Å²) in [5, 5.41) is 10.2. The van der Waals surface area contributed by atoms with Gasteiger partial charge in [-0.15, -0.1) is 0 Å². The molecule has 0 bridgehead atoms. The van der Waals surface area contributed by atoms with E-state index in [0.717, 1.165) is 18.9 Å². The summed E-state index contributed by atoms with van der Waals surface area (Å²) in [5.41, 5.74) is 0.904. The minimum atomic E-state index is -0.666. The van der Waals surface area contributed by atoms with Crippen LogP contribution in [0, 0.1) is 0 Å². The minimum absolute atomic E-state index is 0.600. The van der Waals surface area contributed by atoms with Gasteiger partial charge < -0.3 is 19.3 Å². The Morgan fingerprint density at radius 2 is 2.28 bits per heavy atom. The van der Waals surface area contributed by atoms with Crippen LogP contribution in [0.5, 0.6) is 0 Å². The first-order valence-electron chi connectivity index (χ1n) is 6.60. The molecule has 2 heterocycles. The smallest absolute Gasteiger partial charge is 0.153 e. The molecule has 4 heteroatoms. The van der Waals surface area contributed by atoms with Gasteiger partial charge in [-0.2, -0.15) is 0 Å². The lowest BCUT2D eigenvalue weighted by molar-refractivity contribution is 0.151. The van der Waals surface area contributed by atoms with Gasteiger partial charge in [-0.3, -0.25) is 0 Å². The number of furan rings is 1. The summed E-state index contributed by atoms with van der Waals surface area (Å²) in [6.07, 6.45) is 6.65. The highest BCUT2D eigenvalue weighted by Gasteiger charge is 2.25. The zero-order chi connectivity index (χ0) is 13.0. The fourth-order valence-electron chi connectivity index (χ4n) is 2.25. The first kappa shape index (κ1) is 13.0. The van der Waals surface area contributed by atoms with Crippen LogP contribution in [0.2, 0.25) is 0 Å². The number of nitrogens with zero attached hydrogens (tertiary/aromatic N) is 2. The van der Waals surface area contributed by atoms with E-state index in [9.17, 15) is 5.11 Å². The molecule has 1 aromatic rings. The summed E-state index contributed by atoms with van der Waals surface area (Å²) in [6, 6.07) is 3.60. The van der Waals surface area contributed by atoms with Crippen molar-refractivity contribution in [2.24, 2.45) is 0 Å². The average Bonchev–Trinajstić information content (AvgIpc) is 2.98. The van der Waals surface area contributed by atoms with Crippen molar-refractivity contribution in [3.63, 3.8) is 0 Å². The summed E-state index contributed by atoms with van der Waals surface area (Å²) < 4.78 is 5.25. The van der Waals surface area contributed by atoms with Crippen molar-refractivity contribution in [3.05, 3.63) is 36.1 Å². The third-order valence-electron chi connectivity index (χ3n) is 3.29. The van der Waals surface area contributed by atoms with Crippen molar-refractivity contribution in [2.45, 2.75) is 32.3 Å². The highest BCUT2D eigenvalue weighted by molar-refractivity contribution is 5.19. The number of likely N-dealkylation sites (N-methyl/N-ethyl adjacent to an activating group) is 1. The van der Waals surface area contributed by atoms with E-state index in [4.69, 9.17) is 4.42 Å². The van der Waals surface area contributed by atoms with E-state index in [0.29, 0.717) is 5.76 Å². The molecule has 0 fully saturated rings. The molecule has 0 saturated heterocycles. The maximum atomic E-state index is 10.2. The lowest BCUT2D eigenvalue weighted by Gasteiger charge is -2.20. The standard InChI is InChI=1S/C14H22N2O2/c1-3-4-5-8-16-10-12(15(2)11-16)14(17)13-7-6-9-18-13/h6-7,9-10,14,17H,3-5,8,11H2,1-2H3. The van der Waals surface area contributed by atoms with E-state index >= 15 is 0 Å². The maximum Gasteiger partial charge on any atom is 0.153 e. The van der Waals surface area contributed by atoms with Crippen LogP contribution in [-0.2, 0) is 0 Å². The molecule has 1 atom stereocenters. The highest BCUT2D eigenvalue weighted by atomic mass is 16.4. The third-order valence-corrected chi connectivity index (χ3v) is 3.29. The SMILES string of the molecule is CCCCCN1C=C(C(O)c2ccco2)N(C)C1. The highest BCUT2D eigenvalue weighted by Crippen LogP contribution is 2.28. The monoisotopic (exact) mass is 250 g/mol. The van der Waals surface area contributed by atoms with Crippen LogP contribution in [0.1, 0.15) is 38.1 Å². The van der Waals surface area contributed by atoms with E-state index in [1.807, 2.05) is 13.2 Å². The minimum Gasteiger partial charge on any atom is -0.466 e. The van der Waals surface area contributed by atoms with Crippen molar-refractivity contribution >= 4 is 0 Å². The normalized spacial score (nSPS) is 17.2. The molecule has 1 aromatic heterocycles. The molecule has 0 radical (unpaired) electrons. The van der Waals surface area contributed by atoms with Crippen molar-refractivity contribution in [3.8, 4) is 0 Å². The van der Waals surface area contributed by atoms with Gasteiger partial charge in [0.15, 0.2) is 6.10 Å². The van der Waals surface area contributed by atoms with Crippen LogP contribution >= 0.6 is 0 Å². The van der Waals surface area contributed by atoms with Gasteiger partial charge in [0, 0.05) is 19.8 Å². The Balaban J connectivity index is 1.97. The van der Waals surface area contributed by atoms with Crippen LogP contribution in [0.3, 0.4) is 0 Å². The first-order chi connectivity index (χ1) is 8.72. The van der Waals surface area contributed by atoms with Gasteiger partial charge in [0.1, 0.15) is 5.76 Å². The molecule has 1 N–H and O–H groups in total. The molecule has 1 aliphatic heterocycles. The predicted octanol–water partition coefficient (Wildman–Crippen LogP) is 2.55. The number of rotatable bonds is 6. The maximum absolute atomic E-state index is 10.2.